The molecule has 164 valence electrons. The van der Waals surface area contributed by atoms with Gasteiger partial charge in [0.05, 0.1) is 0 Å². The Bertz CT molecular complexity index is 672. The zero-order valence-corrected chi connectivity index (χ0v) is 19.5. The molecule has 0 aromatic heterocycles. The molecule has 2 bridgehead atoms. The van der Waals surface area contributed by atoms with E-state index < -0.39 is 0 Å². The minimum absolute atomic E-state index is 0. The van der Waals surface area contributed by atoms with Crippen molar-refractivity contribution in [3.63, 3.8) is 0 Å². The van der Waals surface area contributed by atoms with E-state index in [2.05, 4.69) is 42.3 Å². The van der Waals surface area contributed by atoms with Crippen molar-refractivity contribution in [2.24, 2.45) is 5.92 Å². The first-order chi connectivity index (χ1) is 13.2. The monoisotopic (exact) mass is 441 g/mol. The Morgan fingerprint density at radius 1 is 1.14 bits per heavy atom. The maximum absolute atomic E-state index is 13.1. The summed E-state index contributed by atoms with van der Waals surface area (Å²) in [5.41, 5.74) is 3.70. The number of benzene rings is 1. The molecule has 0 spiro atoms. The Balaban J connectivity index is 0.00000150. The number of nitrogens with one attached hydrogen (secondary N) is 1. The van der Waals surface area contributed by atoms with E-state index in [1.165, 1.54) is 56.4 Å². The molecule has 6 heteroatoms. The molecule has 1 amide bonds. The topological polar surface area (TPSA) is 35.6 Å². The quantitative estimate of drug-likeness (QED) is 0.720. The largest absolute Gasteiger partial charge is 0.339 e. The number of hydrogen-bond donors (Lipinski definition) is 1. The highest BCUT2D eigenvalue weighted by Crippen LogP contribution is 2.35. The number of nitrogens with zero attached hydrogens (tertiary/aromatic N) is 2. The van der Waals surface area contributed by atoms with Crippen molar-refractivity contribution in [1.82, 2.24) is 15.1 Å². The summed E-state index contributed by atoms with van der Waals surface area (Å²) in [6.45, 7) is 10.5. The van der Waals surface area contributed by atoms with Gasteiger partial charge in [0.25, 0.3) is 5.91 Å². The van der Waals surface area contributed by atoms with Gasteiger partial charge >= 0.3 is 0 Å². The van der Waals surface area contributed by atoms with Gasteiger partial charge in [-0.25, -0.2) is 0 Å². The lowest BCUT2D eigenvalue weighted by molar-refractivity contribution is 0.0716. The number of halogens is 2. The van der Waals surface area contributed by atoms with Gasteiger partial charge < -0.3 is 15.1 Å². The SMILES string of the molecule is CCN(CC)C(=O)c1cccc2c1[C@@H](CN[C@H]1CN3CCC1CC3)CCC2.Cl.Cl. The van der Waals surface area contributed by atoms with Crippen molar-refractivity contribution >= 4 is 30.7 Å². The van der Waals surface area contributed by atoms with E-state index in [1.807, 2.05) is 4.90 Å². The van der Waals surface area contributed by atoms with E-state index in [0.717, 1.165) is 37.5 Å². The van der Waals surface area contributed by atoms with Crippen LogP contribution in [-0.2, 0) is 6.42 Å². The van der Waals surface area contributed by atoms with Gasteiger partial charge in [-0.2, -0.15) is 0 Å². The molecule has 1 aromatic rings. The number of carbonyl (C=O) groups is 1. The third-order valence-corrected chi connectivity index (χ3v) is 7.17. The molecule has 2 atom stereocenters. The van der Waals surface area contributed by atoms with Crippen molar-refractivity contribution in [1.29, 1.82) is 0 Å². The summed E-state index contributed by atoms with van der Waals surface area (Å²) in [6.07, 6.45) is 6.26. The summed E-state index contributed by atoms with van der Waals surface area (Å²) in [5, 5.41) is 3.92. The van der Waals surface area contributed by atoms with Crippen molar-refractivity contribution in [2.75, 3.05) is 39.3 Å². The number of carbonyl (C=O) groups excluding carboxylic acids is 1. The second kappa shape index (κ2) is 11.0. The lowest BCUT2D eigenvalue weighted by atomic mass is 9.79. The summed E-state index contributed by atoms with van der Waals surface area (Å²) in [7, 11) is 0. The lowest BCUT2D eigenvalue weighted by Gasteiger charge is -2.45. The highest BCUT2D eigenvalue weighted by Gasteiger charge is 2.35. The van der Waals surface area contributed by atoms with E-state index in [1.54, 1.807) is 0 Å². The minimum Gasteiger partial charge on any atom is -0.339 e. The Morgan fingerprint density at radius 2 is 1.86 bits per heavy atom. The fourth-order valence-electron chi connectivity index (χ4n) is 5.56. The Morgan fingerprint density at radius 3 is 2.48 bits per heavy atom. The van der Waals surface area contributed by atoms with Crippen LogP contribution in [0.3, 0.4) is 0 Å². The van der Waals surface area contributed by atoms with Crippen molar-refractivity contribution in [2.45, 2.75) is 57.9 Å². The molecule has 4 aliphatic rings. The zero-order valence-electron chi connectivity index (χ0n) is 17.9. The summed E-state index contributed by atoms with van der Waals surface area (Å²) >= 11 is 0. The smallest absolute Gasteiger partial charge is 0.254 e. The predicted octanol–water partition coefficient (Wildman–Crippen LogP) is 4.12. The van der Waals surface area contributed by atoms with Crippen LogP contribution in [0.15, 0.2) is 18.2 Å². The van der Waals surface area contributed by atoms with Crippen molar-refractivity contribution in [3.05, 3.63) is 34.9 Å². The van der Waals surface area contributed by atoms with Gasteiger partial charge in [0.2, 0.25) is 0 Å². The molecule has 4 nitrogen and oxygen atoms in total. The molecule has 0 saturated carbocycles. The third kappa shape index (κ3) is 5.10. The summed E-state index contributed by atoms with van der Waals surface area (Å²) in [5.74, 6) is 1.54. The fourth-order valence-corrected chi connectivity index (χ4v) is 5.56. The molecule has 0 radical (unpaired) electrons. The zero-order chi connectivity index (χ0) is 18.8. The second-order valence-corrected chi connectivity index (χ2v) is 8.60. The standard InChI is InChI=1S/C23H35N3O.2ClH/c1-3-26(4-2)23(27)20-10-6-8-18-7-5-9-19(22(18)20)15-24-21-16-25-13-11-17(21)12-14-25;;/h6,8,10,17,19,21,24H,3-5,7,9,11-16H2,1-2H3;2*1H/t19-,21+;;/m1../s1. The molecule has 1 N–H and O–H groups in total. The normalized spacial score (nSPS) is 27.4. The Kier molecular flexibility index (Phi) is 9.27. The van der Waals surface area contributed by atoms with Crippen LogP contribution in [0.25, 0.3) is 0 Å². The number of piperidine rings is 3. The number of rotatable bonds is 6. The molecule has 3 heterocycles. The minimum atomic E-state index is 0. The third-order valence-electron chi connectivity index (χ3n) is 7.17. The maximum Gasteiger partial charge on any atom is 0.254 e. The molecule has 29 heavy (non-hydrogen) atoms. The lowest BCUT2D eigenvalue weighted by Crippen LogP contribution is -2.56. The van der Waals surface area contributed by atoms with E-state index in [9.17, 15) is 4.79 Å². The van der Waals surface area contributed by atoms with E-state index in [-0.39, 0.29) is 30.7 Å². The first-order valence-electron chi connectivity index (χ1n) is 11.1. The first-order valence-corrected chi connectivity index (χ1v) is 11.1. The van der Waals surface area contributed by atoms with E-state index in [0.29, 0.717) is 12.0 Å². The van der Waals surface area contributed by atoms with Crippen molar-refractivity contribution in [3.8, 4) is 0 Å². The van der Waals surface area contributed by atoms with Gasteiger partial charge in [-0.05, 0) is 88.1 Å². The Hall–Kier alpha value is -0.810. The van der Waals surface area contributed by atoms with Crippen LogP contribution in [0.1, 0.15) is 66.9 Å². The van der Waals surface area contributed by atoms with Gasteiger partial charge in [-0.3, -0.25) is 4.79 Å². The highest BCUT2D eigenvalue weighted by atomic mass is 35.5. The number of aryl methyl sites for hydroxylation is 1. The number of amides is 1. The molecule has 3 fully saturated rings. The molecule has 0 unspecified atom stereocenters. The number of hydrogen-bond acceptors (Lipinski definition) is 3. The van der Waals surface area contributed by atoms with Crippen LogP contribution in [0.5, 0.6) is 0 Å². The second-order valence-electron chi connectivity index (χ2n) is 8.60. The fraction of sp³-hybridized carbons (Fsp3) is 0.696. The van der Waals surface area contributed by atoms with Gasteiger partial charge in [0.15, 0.2) is 0 Å². The van der Waals surface area contributed by atoms with Crippen LogP contribution < -0.4 is 5.32 Å². The number of fused-ring (bicyclic) bond motifs is 4. The summed E-state index contributed by atoms with van der Waals surface area (Å²) in [4.78, 5) is 17.7. The highest BCUT2D eigenvalue weighted by molar-refractivity contribution is 5.96. The van der Waals surface area contributed by atoms with Gasteiger partial charge in [-0.1, -0.05) is 12.1 Å². The molecular formula is C23H37Cl2N3O. The molecule has 3 aliphatic heterocycles. The van der Waals surface area contributed by atoms with Crippen LogP contribution in [0.4, 0.5) is 0 Å². The maximum atomic E-state index is 13.1. The van der Waals surface area contributed by atoms with Crippen molar-refractivity contribution < 1.29 is 4.79 Å². The van der Waals surface area contributed by atoms with E-state index >= 15 is 0 Å². The molecule has 3 saturated heterocycles. The molecule has 5 rings (SSSR count). The predicted molar refractivity (Wildman–Crippen MR) is 125 cm³/mol. The van der Waals surface area contributed by atoms with Crippen LogP contribution in [0.2, 0.25) is 0 Å². The van der Waals surface area contributed by atoms with Gasteiger partial charge in [-0.15, -0.1) is 24.8 Å². The average molecular weight is 442 g/mol. The van der Waals surface area contributed by atoms with Gasteiger partial charge in [0, 0.05) is 37.8 Å². The Labute approximate surface area is 188 Å². The van der Waals surface area contributed by atoms with Crippen LogP contribution in [0, 0.1) is 5.92 Å². The molecule has 1 aliphatic carbocycles. The molecule has 1 aromatic carbocycles. The summed E-state index contributed by atoms with van der Waals surface area (Å²) in [6, 6.07) is 7.03. The molecular weight excluding hydrogens is 405 g/mol. The first kappa shape index (κ1) is 24.5. The van der Waals surface area contributed by atoms with E-state index in [4.69, 9.17) is 0 Å². The van der Waals surface area contributed by atoms with Crippen LogP contribution in [-0.4, -0.2) is 61.0 Å². The summed E-state index contributed by atoms with van der Waals surface area (Å²) < 4.78 is 0. The average Bonchev–Trinajstić information content (AvgIpc) is 2.73. The van der Waals surface area contributed by atoms with Gasteiger partial charge in [0.1, 0.15) is 0 Å². The van der Waals surface area contributed by atoms with Crippen LogP contribution >= 0.6 is 24.8 Å².